The number of carbonyl (C=O) groups is 5. The smallest absolute Gasteiger partial charge is 0.326 e. The molecule has 186 valence electrons. The van der Waals surface area contributed by atoms with Gasteiger partial charge in [-0.15, -0.1) is 0 Å². The second-order valence-electron chi connectivity index (χ2n) is 8.71. The van der Waals surface area contributed by atoms with Crippen molar-refractivity contribution in [1.82, 2.24) is 15.5 Å². The molecule has 4 unspecified atom stereocenters. The number of aliphatic carboxylic acids is 2. The van der Waals surface area contributed by atoms with Gasteiger partial charge in [0.15, 0.2) is 0 Å². The van der Waals surface area contributed by atoms with Crippen LogP contribution < -0.4 is 16.4 Å². The molecule has 3 amide bonds. The first kappa shape index (κ1) is 26.8. The Hall–Kier alpha value is -3.47. The molecule has 1 saturated heterocycles. The molecule has 0 aliphatic carbocycles. The van der Waals surface area contributed by atoms with Crippen molar-refractivity contribution in [2.75, 3.05) is 6.54 Å². The number of carboxylic acids is 2. The third-order valence-electron chi connectivity index (χ3n) is 5.70. The van der Waals surface area contributed by atoms with Crippen molar-refractivity contribution in [2.45, 2.75) is 63.7 Å². The number of nitrogens with one attached hydrogen (secondary N) is 2. The topological polar surface area (TPSA) is 179 Å². The second kappa shape index (κ2) is 12.1. The lowest BCUT2D eigenvalue weighted by Gasteiger charge is -2.30. The molecule has 34 heavy (non-hydrogen) atoms. The highest BCUT2D eigenvalue weighted by molar-refractivity contribution is 5.95. The maximum absolute atomic E-state index is 13.5. The van der Waals surface area contributed by atoms with E-state index in [0.717, 1.165) is 5.56 Å². The fourth-order valence-corrected chi connectivity index (χ4v) is 3.88. The molecule has 1 fully saturated rings. The quantitative estimate of drug-likeness (QED) is 0.289. The molecule has 1 heterocycles. The van der Waals surface area contributed by atoms with Gasteiger partial charge in [0.25, 0.3) is 0 Å². The Balaban J connectivity index is 2.22. The van der Waals surface area contributed by atoms with Crippen molar-refractivity contribution in [3.05, 3.63) is 35.9 Å². The first-order chi connectivity index (χ1) is 16.0. The fourth-order valence-electron chi connectivity index (χ4n) is 3.88. The molecule has 1 aromatic carbocycles. The molecular formula is C23H32N4O7. The van der Waals surface area contributed by atoms with Gasteiger partial charge in [0.05, 0.1) is 12.5 Å². The predicted molar refractivity (Wildman–Crippen MR) is 121 cm³/mol. The number of nitrogens with two attached hydrogens (primary N) is 1. The van der Waals surface area contributed by atoms with Crippen LogP contribution in [0.25, 0.3) is 0 Å². The van der Waals surface area contributed by atoms with Gasteiger partial charge < -0.3 is 31.5 Å². The average molecular weight is 477 g/mol. The summed E-state index contributed by atoms with van der Waals surface area (Å²) in [6, 6.07) is 4.51. The lowest BCUT2D eigenvalue weighted by Crippen LogP contribution is -2.57. The molecule has 0 saturated carbocycles. The molecule has 2 rings (SSSR count). The molecular weight excluding hydrogens is 444 g/mol. The van der Waals surface area contributed by atoms with Crippen LogP contribution in [0, 0.1) is 5.92 Å². The zero-order valence-electron chi connectivity index (χ0n) is 19.3. The maximum atomic E-state index is 13.5. The number of carboxylic acid groups (broad SMARTS) is 2. The van der Waals surface area contributed by atoms with E-state index < -0.39 is 60.2 Å². The van der Waals surface area contributed by atoms with E-state index in [1.54, 1.807) is 44.2 Å². The molecule has 1 aliphatic rings. The van der Waals surface area contributed by atoms with E-state index in [-0.39, 0.29) is 18.9 Å². The third-order valence-corrected chi connectivity index (χ3v) is 5.70. The summed E-state index contributed by atoms with van der Waals surface area (Å²) >= 11 is 0. The normalized spacial score (nSPS) is 18.1. The minimum atomic E-state index is -1.34. The molecule has 0 aromatic heterocycles. The van der Waals surface area contributed by atoms with E-state index >= 15 is 0 Å². The molecule has 11 heteroatoms. The summed E-state index contributed by atoms with van der Waals surface area (Å²) in [7, 11) is 0. The molecule has 4 atom stereocenters. The third kappa shape index (κ3) is 7.27. The van der Waals surface area contributed by atoms with E-state index in [9.17, 15) is 29.1 Å². The Labute approximate surface area is 197 Å². The van der Waals surface area contributed by atoms with E-state index in [1.807, 2.05) is 0 Å². The van der Waals surface area contributed by atoms with Gasteiger partial charge in [-0.2, -0.15) is 0 Å². The van der Waals surface area contributed by atoms with Crippen molar-refractivity contribution >= 4 is 29.7 Å². The SMILES string of the molecule is CC(C)C(NC(=O)C1CCCN1C(=O)C(Cc1ccccc1)NC(=O)C(N)CC(=O)O)C(=O)O. The molecule has 0 spiro atoms. The number of hydrogen-bond acceptors (Lipinski definition) is 6. The van der Waals surface area contributed by atoms with Gasteiger partial charge in [-0.1, -0.05) is 44.2 Å². The monoisotopic (exact) mass is 476 g/mol. The average Bonchev–Trinajstić information content (AvgIpc) is 3.26. The molecule has 6 N–H and O–H groups in total. The zero-order chi connectivity index (χ0) is 25.4. The summed E-state index contributed by atoms with van der Waals surface area (Å²) in [4.78, 5) is 62.6. The minimum absolute atomic E-state index is 0.111. The van der Waals surface area contributed by atoms with E-state index in [1.165, 1.54) is 4.90 Å². The van der Waals surface area contributed by atoms with Gasteiger partial charge in [-0.05, 0) is 24.3 Å². The Kier molecular flexibility index (Phi) is 9.55. The number of likely N-dealkylation sites (tertiary alicyclic amines) is 1. The van der Waals surface area contributed by atoms with Crippen molar-refractivity contribution in [3.8, 4) is 0 Å². The van der Waals surface area contributed by atoms with E-state index in [0.29, 0.717) is 12.8 Å². The van der Waals surface area contributed by atoms with Crippen molar-refractivity contribution in [3.63, 3.8) is 0 Å². The number of carbonyl (C=O) groups excluding carboxylic acids is 3. The maximum Gasteiger partial charge on any atom is 0.326 e. The Morgan fingerprint density at radius 3 is 2.29 bits per heavy atom. The van der Waals surface area contributed by atoms with Crippen molar-refractivity contribution < 1.29 is 34.2 Å². The molecule has 1 aromatic rings. The van der Waals surface area contributed by atoms with Crippen LogP contribution in [0.2, 0.25) is 0 Å². The van der Waals surface area contributed by atoms with Gasteiger partial charge in [0, 0.05) is 13.0 Å². The summed E-state index contributed by atoms with van der Waals surface area (Å²) in [6.45, 7) is 3.60. The van der Waals surface area contributed by atoms with Crippen LogP contribution in [-0.4, -0.2) is 75.5 Å². The first-order valence-corrected chi connectivity index (χ1v) is 11.2. The Morgan fingerprint density at radius 1 is 1.09 bits per heavy atom. The summed E-state index contributed by atoms with van der Waals surface area (Å²) < 4.78 is 0. The predicted octanol–water partition coefficient (Wildman–Crippen LogP) is -0.268. The van der Waals surface area contributed by atoms with Gasteiger partial charge >= 0.3 is 11.9 Å². The van der Waals surface area contributed by atoms with Crippen LogP contribution in [-0.2, 0) is 30.4 Å². The highest BCUT2D eigenvalue weighted by Gasteiger charge is 2.39. The lowest BCUT2D eigenvalue weighted by atomic mass is 10.0. The van der Waals surface area contributed by atoms with Crippen LogP contribution in [0.4, 0.5) is 0 Å². The summed E-state index contributed by atoms with van der Waals surface area (Å²) in [6.07, 6.45) is 0.401. The van der Waals surface area contributed by atoms with Gasteiger partial charge in [-0.25, -0.2) is 4.79 Å². The van der Waals surface area contributed by atoms with Crippen LogP contribution in [0.1, 0.15) is 38.7 Å². The Bertz CT molecular complexity index is 906. The lowest BCUT2D eigenvalue weighted by molar-refractivity contribution is -0.145. The summed E-state index contributed by atoms with van der Waals surface area (Å²) in [5.74, 6) is -4.65. The van der Waals surface area contributed by atoms with Crippen LogP contribution in [0.3, 0.4) is 0 Å². The number of benzene rings is 1. The van der Waals surface area contributed by atoms with Gasteiger partial charge in [0.2, 0.25) is 17.7 Å². The largest absolute Gasteiger partial charge is 0.481 e. The highest BCUT2D eigenvalue weighted by Crippen LogP contribution is 2.20. The minimum Gasteiger partial charge on any atom is -0.481 e. The molecule has 0 bridgehead atoms. The van der Waals surface area contributed by atoms with Crippen LogP contribution in [0.15, 0.2) is 30.3 Å². The molecule has 1 aliphatic heterocycles. The number of amides is 3. The van der Waals surface area contributed by atoms with E-state index in [4.69, 9.17) is 10.8 Å². The van der Waals surface area contributed by atoms with Gasteiger partial charge in [-0.3, -0.25) is 19.2 Å². The number of nitrogens with zero attached hydrogens (tertiary/aromatic N) is 1. The number of rotatable bonds is 11. The summed E-state index contributed by atoms with van der Waals surface area (Å²) in [5.41, 5.74) is 6.41. The summed E-state index contributed by atoms with van der Waals surface area (Å²) in [5, 5.41) is 23.3. The molecule has 11 nitrogen and oxygen atoms in total. The first-order valence-electron chi connectivity index (χ1n) is 11.2. The van der Waals surface area contributed by atoms with Crippen molar-refractivity contribution in [2.24, 2.45) is 11.7 Å². The van der Waals surface area contributed by atoms with Gasteiger partial charge in [0.1, 0.15) is 18.1 Å². The highest BCUT2D eigenvalue weighted by atomic mass is 16.4. The standard InChI is InChI=1S/C23H32N4O7/c1-13(2)19(23(33)34)26-21(31)17-9-6-10-27(17)22(32)16(11-14-7-4-3-5-8-14)25-20(30)15(24)12-18(28)29/h3-5,7-8,13,15-17,19H,6,9-12,24H2,1-2H3,(H,25,30)(H,26,31)(H,28,29)(H,33,34). The van der Waals surface area contributed by atoms with Crippen molar-refractivity contribution in [1.29, 1.82) is 0 Å². The second-order valence-corrected chi connectivity index (χ2v) is 8.71. The zero-order valence-corrected chi connectivity index (χ0v) is 19.3. The van der Waals surface area contributed by atoms with E-state index in [2.05, 4.69) is 10.6 Å². The van der Waals surface area contributed by atoms with Crippen LogP contribution >= 0.6 is 0 Å². The fraction of sp³-hybridized carbons (Fsp3) is 0.522. The van der Waals surface area contributed by atoms with Crippen LogP contribution in [0.5, 0.6) is 0 Å². The Morgan fingerprint density at radius 2 is 1.74 bits per heavy atom. The molecule has 0 radical (unpaired) electrons. The number of hydrogen-bond donors (Lipinski definition) is 5.